The molecule has 1 fully saturated rings. The Kier molecular flexibility index (Phi) is 5.08. The lowest BCUT2D eigenvalue weighted by Gasteiger charge is -2.26. The van der Waals surface area contributed by atoms with E-state index in [9.17, 15) is 9.90 Å². The third-order valence-electron chi connectivity index (χ3n) is 5.24. The zero-order chi connectivity index (χ0) is 19.5. The smallest absolute Gasteiger partial charge is 0.337 e. The van der Waals surface area contributed by atoms with Gasteiger partial charge in [-0.2, -0.15) is 5.10 Å². The number of nitrogens with two attached hydrogens (primary N) is 1. The molecule has 0 radical (unpaired) electrons. The average Bonchev–Trinajstić information content (AvgIpc) is 3.13. The molecule has 4 N–H and O–H groups in total. The molecule has 7 nitrogen and oxygen atoms in total. The lowest BCUT2D eigenvalue weighted by atomic mass is 9.92. The number of benzene rings is 1. The fourth-order valence-corrected chi connectivity index (χ4v) is 3.67. The van der Waals surface area contributed by atoms with Gasteiger partial charge in [0, 0.05) is 24.0 Å². The summed E-state index contributed by atoms with van der Waals surface area (Å²) < 4.78 is 1.99. The van der Waals surface area contributed by atoms with Crippen molar-refractivity contribution in [3.05, 3.63) is 60.6 Å². The molecular weight excluding hydrogens is 354 g/mol. The third-order valence-corrected chi connectivity index (χ3v) is 5.24. The lowest BCUT2D eigenvalue weighted by molar-refractivity contribution is 0.0698. The standard InChI is InChI=1S/C21H23N5O2/c22-15-6-8-16(9-7-15)26-13-18(14-4-2-1-3-5-14)20(25-26)24-19-12-23-11-10-17(19)21(27)28/h1-5,10-13,15-16H,6-9,22H2,(H,24,25)(H,27,28). The quantitative estimate of drug-likeness (QED) is 0.624. The molecule has 0 unspecified atom stereocenters. The van der Waals surface area contributed by atoms with Crippen LogP contribution in [0.3, 0.4) is 0 Å². The third kappa shape index (κ3) is 3.75. The highest BCUT2D eigenvalue weighted by atomic mass is 16.4. The van der Waals surface area contributed by atoms with Gasteiger partial charge in [-0.25, -0.2) is 4.79 Å². The molecule has 0 aliphatic heterocycles. The minimum atomic E-state index is -1.01. The maximum Gasteiger partial charge on any atom is 0.337 e. The summed E-state index contributed by atoms with van der Waals surface area (Å²) in [7, 11) is 0. The van der Waals surface area contributed by atoms with Crippen LogP contribution in [0, 0.1) is 0 Å². The van der Waals surface area contributed by atoms with Crippen molar-refractivity contribution in [3.63, 3.8) is 0 Å². The first-order valence-electron chi connectivity index (χ1n) is 9.46. The van der Waals surface area contributed by atoms with Crippen LogP contribution in [0.25, 0.3) is 11.1 Å². The highest BCUT2D eigenvalue weighted by molar-refractivity contribution is 5.95. The highest BCUT2D eigenvalue weighted by Crippen LogP contribution is 2.34. The van der Waals surface area contributed by atoms with Crippen molar-refractivity contribution in [2.24, 2.45) is 5.73 Å². The van der Waals surface area contributed by atoms with Crippen molar-refractivity contribution in [2.45, 2.75) is 37.8 Å². The fraction of sp³-hybridized carbons (Fsp3) is 0.286. The number of aromatic carboxylic acids is 1. The molecule has 1 aliphatic carbocycles. The van der Waals surface area contributed by atoms with E-state index in [0.29, 0.717) is 17.5 Å². The Balaban J connectivity index is 1.72. The van der Waals surface area contributed by atoms with Crippen molar-refractivity contribution in [3.8, 4) is 11.1 Å². The molecule has 0 bridgehead atoms. The van der Waals surface area contributed by atoms with Crippen molar-refractivity contribution in [2.75, 3.05) is 5.32 Å². The molecule has 0 spiro atoms. The number of pyridine rings is 1. The average molecular weight is 377 g/mol. The molecule has 1 aliphatic rings. The Labute approximate surface area is 163 Å². The summed E-state index contributed by atoms with van der Waals surface area (Å²) in [5.41, 5.74) is 8.57. The van der Waals surface area contributed by atoms with Crippen LogP contribution in [-0.2, 0) is 0 Å². The summed E-state index contributed by atoms with van der Waals surface area (Å²) in [5, 5.41) is 17.4. The summed E-state index contributed by atoms with van der Waals surface area (Å²) in [6.07, 6.45) is 8.97. The van der Waals surface area contributed by atoms with E-state index in [1.165, 1.54) is 18.5 Å². The monoisotopic (exact) mass is 377 g/mol. The Morgan fingerprint density at radius 2 is 1.89 bits per heavy atom. The highest BCUT2D eigenvalue weighted by Gasteiger charge is 2.23. The number of hydrogen-bond donors (Lipinski definition) is 3. The van der Waals surface area contributed by atoms with Gasteiger partial charge in [-0.05, 0) is 37.3 Å². The molecule has 144 valence electrons. The Morgan fingerprint density at radius 3 is 2.61 bits per heavy atom. The van der Waals surface area contributed by atoms with E-state index in [1.807, 2.05) is 41.2 Å². The predicted molar refractivity (Wildman–Crippen MR) is 108 cm³/mol. The number of rotatable bonds is 5. The van der Waals surface area contributed by atoms with Crippen LogP contribution in [0.2, 0.25) is 0 Å². The first-order valence-corrected chi connectivity index (χ1v) is 9.46. The van der Waals surface area contributed by atoms with Crippen LogP contribution in [-0.4, -0.2) is 31.9 Å². The van der Waals surface area contributed by atoms with Crippen LogP contribution in [0.1, 0.15) is 42.1 Å². The van der Waals surface area contributed by atoms with Gasteiger partial charge in [0.15, 0.2) is 5.82 Å². The number of nitrogens with one attached hydrogen (secondary N) is 1. The molecule has 2 aromatic heterocycles. The number of aromatic nitrogens is 3. The summed E-state index contributed by atoms with van der Waals surface area (Å²) in [6.45, 7) is 0. The van der Waals surface area contributed by atoms with Gasteiger partial charge >= 0.3 is 5.97 Å². The molecule has 7 heteroatoms. The molecule has 1 aromatic carbocycles. The first kappa shape index (κ1) is 18.2. The number of hydrogen-bond acceptors (Lipinski definition) is 5. The van der Waals surface area contributed by atoms with Crippen molar-refractivity contribution in [1.82, 2.24) is 14.8 Å². The minimum absolute atomic E-state index is 0.159. The normalized spacial score (nSPS) is 19.3. The van der Waals surface area contributed by atoms with Gasteiger partial charge in [0.1, 0.15) is 0 Å². The Hall–Kier alpha value is -3.19. The molecule has 0 atom stereocenters. The summed E-state index contributed by atoms with van der Waals surface area (Å²) in [6, 6.07) is 12.0. The summed E-state index contributed by atoms with van der Waals surface area (Å²) in [4.78, 5) is 15.6. The van der Waals surface area contributed by atoms with Crippen molar-refractivity contribution in [1.29, 1.82) is 0 Å². The second-order valence-electron chi connectivity index (χ2n) is 7.16. The summed E-state index contributed by atoms with van der Waals surface area (Å²) >= 11 is 0. The van der Waals surface area contributed by atoms with Gasteiger partial charge in [-0.3, -0.25) is 9.67 Å². The van der Waals surface area contributed by atoms with E-state index >= 15 is 0 Å². The molecule has 2 heterocycles. The number of carboxylic acid groups (broad SMARTS) is 1. The van der Waals surface area contributed by atoms with E-state index in [2.05, 4.69) is 10.3 Å². The van der Waals surface area contributed by atoms with E-state index in [1.54, 1.807) is 0 Å². The SMILES string of the molecule is NC1CCC(n2cc(-c3ccccc3)c(Nc3cnccc3C(=O)O)n2)CC1. The van der Waals surface area contributed by atoms with Crippen LogP contribution in [0.4, 0.5) is 11.5 Å². The second-order valence-corrected chi connectivity index (χ2v) is 7.16. The second kappa shape index (κ2) is 7.82. The minimum Gasteiger partial charge on any atom is -0.478 e. The van der Waals surface area contributed by atoms with Gasteiger partial charge in [-0.15, -0.1) is 0 Å². The van der Waals surface area contributed by atoms with Crippen molar-refractivity contribution >= 4 is 17.5 Å². The predicted octanol–water partition coefficient (Wildman–Crippen LogP) is 3.83. The molecular formula is C21H23N5O2. The van der Waals surface area contributed by atoms with Gasteiger partial charge in [-0.1, -0.05) is 30.3 Å². The Morgan fingerprint density at radius 1 is 1.14 bits per heavy atom. The molecule has 28 heavy (non-hydrogen) atoms. The van der Waals surface area contributed by atoms with Crippen LogP contribution in [0.5, 0.6) is 0 Å². The lowest BCUT2D eigenvalue weighted by Crippen LogP contribution is -2.28. The number of carboxylic acids is 1. The number of nitrogens with zero attached hydrogens (tertiary/aromatic N) is 3. The van der Waals surface area contributed by atoms with E-state index < -0.39 is 5.97 Å². The molecule has 3 aromatic rings. The van der Waals surface area contributed by atoms with Gasteiger partial charge in [0.25, 0.3) is 0 Å². The van der Waals surface area contributed by atoms with Crippen LogP contribution in [0.15, 0.2) is 55.0 Å². The molecule has 0 amide bonds. The van der Waals surface area contributed by atoms with Gasteiger partial charge in [0.05, 0.1) is 23.5 Å². The van der Waals surface area contributed by atoms with Gasteiger partial charge < -0.3 is 16.2 Å². The first-order chi connectivity index (χ1) is 13.6. The largest absolute Gasteiger partial charge is 0.478 e. The van der Waals surface area contributed by atoms with Gasteiger partial charge in [0.2, 0.25) is 0 Å². The van der Waals surface area contributed by atoms with Crippen LogP contribution >= 0.6 is 0 Å². The zero-order valence-corrected chi connectivity index (χ0v) is 15.5. The van der Waals surface area contributed by atoms with E-state index in [-0.39, 0.29) is 11.6 Å². The van der Waals surface area contributed by atoms with E-state index in [0.717, 1.165) is 36.8 Å². The van der Waals surface area contributed by atoms with Crippen LogP contribution < -0.4 is 11.1 Å². The maximum absolute atomic E-state index is 11.5. The van der Waals surface area contributed by atoms with Crippen molar-refractivity contribution < 1.29 is 9.90 Å². The maximum atomic E-state index is 11.5. The number of anilines is 2. The summed E-state index contributed by atoms with van der Waals surface area (Å²) in [5.74, 6) is -0.386. The molecule has 4 rings (SSSR count). The number of carbonyl (C=O) groups is 1. The Bertz CT molecular complexity index is 962. The zero-order valence-electron chi connectivity index (χ0n) is 15.5. The molecule has 0 saturated heterocycles. The molecule has 1 saturated carbocycles. The fourth-order valence-electron chi connectivity index (χ4n) is 3.67. The topological polar surface area (TPSA) is 106 Å². The van der Waals surface area contributed by atoms with E-state index in [4.69, 9.17) is 10.8 Å².